The summed E-state index contributed by atoms with van der Waals surface area (Å²) in [6.07, 6.45) is 0.519. The highest BCUT2D eigenvalue weighted by molar-refractivity contribution is 7.93. The zero-order valence-corrected chi connectivity index (χ0v) is 12.1. The van der Waals surface area contributed by atoms with Crippen LogP contribution in [0.15, 0.2) is 47.4 Å². The number of benzene rings is 2. The molecule has 3 rings (SSSR count). The molecule has 1 atom stereocenters. The van der Waals surface area contributed by atoms with Crippen LogP contribution in [-0.4, -0.2) is 14.5 Å². The molecule has 0 aliphatic carbocycles. The number of halogens is 2. The van der Waals surface area contributed by atoms with Crippen molar-refractivity contribution in [3.05, 3.63) is 59.7 Å². The Morgan fingerprint density at radius 2 is 1.67 bits per heavy atom. The first kappa shape index (κ1) is 14.0. The lowest BCUT2D eigenvalue weighted by molar-refractivity contribution is 0.515. The molecule has 2 aromatic rings. The van der Waals surface area contributed by atoms with E-state index in [-0.39, 0.29) is 6.04 Å². The van der Waals surface area contributed by atoms with Crippen molar-refractivity contribution in [1.82, 2.24) is 0 Å². The Labute approximate surface area is 121 Å². The molecule has 0 aromatic heterocycles. The van der Waals surface area contributed by atoms with Gasteiger partial charge in [-0.15, -0.1) is 0 Å². The molecule has 6 heteroatoms. The Balaban J connectivity index is 2.20. The minimum atomic E-state index is -4.28. The number of para-hydroxylation sites is 1. The van der Waals surface area contributed by atoms with Crippen LogP contribution in [0.2, 0.25) is 0 Å². The van der Waals surface area contributed by atoms with Crippen molar-refractivity contribution < 1.29 is 17.2 Å². The van der Waals surface area contributed by atoms with Crippen LogP contribution in [0.5, 0.6) is 0 Å². The van der Waals surface area contributed by atoms with Gasteiger partial charge in [0.1, 0.15) is 11.6 Å². The summed E-state index contributed by atoms with van der Waals surface area (Å²) in [7, 11) is -4.28. The van der Waals surface area contributed by atoms with Gasteiger partial charge in [-0.2, -0.15) is 0 Å². The van der Waals surface area contributed by atoms with Crippen LogP contribution in [0.25, 0.3) is 0 Å². The third-order valence-electron chi connectivity index (χ3n) is 3.58. The fourth-order valence-electron chi connectivity index (χ4n) is 2.73. The predicted molar refractivity (Wildman–Crippen MR) is 75.6 cm³/mol. The number of hydrogen-bond donors (Lipinski definition) is 0. The number of anilines is 1. The minimum absolute atomic E-state index is 0.383. The summed E-state index contributed by atoms with van der Waals surface area (Å²) < 4.78 is 54.2. The van der Waals surface area contributed by atoms with E-state index < -0.39 is 26.6 Å². The Kier molecular flexibility index (Phi) is 3.20. The van der Waals surface area contributed by atoms with Gasteiger partial charge in [0.05, 0.1) is 5.69 Å². The molecule has 3 nitrogen and oxygen atoms in total. The first-order valence-corrected chi connectivity index (χ1v) is 7.93. The topological polar surface area (TPSA) is 37.4 Å². The van der Waals surface area contributed by atoms with E-state index in [0.717, 1.165) is 28.1 Å². The van der Waals surface area contributed by atoms with Gasteiger partial charge in [-0.05, 0) is 37.1 Å². The molecule has 21 heavy (non-hydrogen) atoms. The SMILES string of the molecule is C[C@H]1Cc2ccccc2N1S(=O)(=O)c1c(F)cccc1F. The largest absolute Gasteiger partial charge is 0.270 e. The summed E-state index contributed by atoms with van der Waals surface area (Å²) in [6, 6.07) is 9.64. The molecule has 1 aliphatic heterocycles. The maximum Gasteiger partial charge on any atom is 0.270 e. The van der Waals surface area contributed by atoms with Gasteiger partial charge in [-0.1, -0.05) is 24.3 Å². The van der Waals surface area contributed by atoms with Crippen molar-refractivity contribution in [2.75, 3.05) is 4.31 Å². The Morgan fingerprint density at radius 3 is 2.33 bits per heavy atom. The standard InChI is InChI=1S/C15H13F2NO2S/c1-10-9-11-5-2-3-8-14(11)18(10)21(19,20)15-12(16)6-4-7-13(15)17/h2-8,10H,9H2,1H3/t10-/m0/s1. The predicted octanol–water partition coefficient (Wildman–Crippen LogP) is 3.10. The molecule has 1 aliphatic rings. The average Bonchev–Trinajstić information content (AvgIpc) is 2.74. The van der Waals surface area contributed by atoms with Crippen LogP contribution in [0, 0.1) is 11.6 Å². The Morgan fingerprint density at radius 1 is 1.05 bits per heavy atom. The van der Waals surface area contributed by atoms with Gasteiger partial charge in [-0.3, -0.25) is 4.31 Å². The second-order valence-corrected chi connectivity index (χ2v) is 6.79. The highest BCUT2D eigenvalue weighted by Crippen LogP contribution is 2.37. The van der Waals surface area contributed by atoms with Gasteiger partial charge in [-0.25, -0.2) is 17.2 Å². The highest BCUT2D eigenvalue weighted by Gasteiger charge is 2.38. The first-order valence-electron chi connectivity index (χ1n) is 6.49. The molecule has 0 N–H and O–H groups in total. The second kappa shape index (κ2) is 4.80. The average molecular weight is 309 g/mol. The molecule has 0 saturated carbocycles. The van der Waals surface area contributed by atoms with Crippen molar-refractivity contribution in [1.29, 1.82) is 0 Å². The maximum absolute atomic E-state index is 13.9. The van der Waals surface area contributed by atoms with Crippen LogP contribution in [0.4, 0.5) is 14.5 Å². The van der Waals surface area contributed by atoms with E-state index in [2.05, 4.69) is 0 Å². The summed E-state index contributed by atoms with van der Waals surface area (Å²) in [5.41, 5.74) is 1.33. The number of nitrogens with zero attached hydrogens (tertiary/aromatic N) is 1. The van der Waals surface area contributed by atoms with E-state index in [4.69, 9.17) is 0 Å². The fourth-order valence-corrected chi connectivity index (χ4v) is 4.54. The molecular weight excluding hydrogens is 296 g/mol. The van der Waals surface area contributed by atoms with Gasteiger partial charge in [0.25, 0.3) is 10.0 Å². The van der Waals surface area contributed by atoms with Gasteiger partial charge >= 0.3 is 0 Å². The number of rotatable bonds is 2. The van der Waals surface area contributed by atoms with Crippen LogP contribution < -0.4 is 4.31 Å². The van der Waals surface area contributed by atoms with Gasteiger partial charge in [0.15, 0.2) is 4.90 Å². The van der Waals surface area contributed by atoms with Crippen LogP contribution >= 0.6 is 0 Å². The smallest absolute Gasteiger partial charge is 0.263 e. The quantitative estimate of drug-likeness (QED) is 0.855. The van der Waals surface area contributed by atoms with Gasteiger partial charge in [0.2, 0.25) is 0 Å². The molecule has 0 bridgehead atoms. The molecule has 110 valence electrons. The monoisotopic (exact) mass is 309 g/mol. The van der Waals surface area contributed by atoms with Crippen LogP contribution in [-0.2, 0) is 16.4 Å². The van der Waals surface area contributed by atoms with Gasteiger partial charge < -0.3 is 0 Å². The minimum Gasteiger partial charge on any atom is -0.263 e. The van der Waals surface area contributed by atoms with E-state index in [9.17, 15) is 17.2 Å². The lowest BCUT2D eigenvalue weighted by Gasteiger charge is -2.24. The molecule has 0 radical (unpaired) electrons. The summed E-state index contributed by atoms with van der Waals surface area (Å²) in [6.45, 7) is 1.72. The molecule has 0 fully saturated rings. The molecule has 0 amide bonds. The third kappa shape index (κ3) is 2.10. The van der Waals surface area contributed by atoms with Crippen LogP contribution in [0.1, 0.15) is 12.5 Å². The summed E-state index contributed by atoms with van der Waals surface area (Å²) >= 11 is 0. The first-order chi connectivity index (χ1) is 9.93. The zero-order chi connectivity index (χ0) is 15.2. The van der Waals surface area contributed by atoms with Crippen molar-refractivity contribution in [3.63, 3.8) is 0 Å². The summed E-state index contributed by atoms with van der Waals surface area (Å²) in [4.78, 5) is -0.895. The van der Waals surface area contributed by atoms with E-state index in [1.807, 2.05) is 12.1 Å². The normalized spacial score (nSPS) is 17.9. The van der Waals surface area contributed by atoms with Crippen LogP contribution in [0.3, 0.4) is 0 Å². The van der Waals surface area contributed by atoms with E-state index in [1.165, 1.54) is 0 Å². The number of hydrogen-bond acceptors (Lipinski definition) is 2. The van der Waals surface area contributed by atoms with Crippen molar-refractivity contribution in [2.45, 2.75) is 24.3 Å². The lowest BCUT2D eigenvalue weighted by Crippen LogP contribution is -2.36. The number of sulfonamides is 1. The third-order valence-corrected chi connectivity index (χ3v) is 5.56. The van der Waals surface area contributed by atoms with E-state index in [1.54, 1.807) is 19.1 Å². The maximum atomic E-state index is 13.9. The Bertz CT molecular complexity index is 785. The molecule has 0 spiro atoms. The Hall–Kier alpha value is -1.95. The van der Waals surface area contributed by atoms with E-state index >= 15 is 0 Å². The fraction of sp³-hybridized carbons (Fsp3) is 0.200. The van der Waals surface area contributed by atoms with Gasteiger partial charge in [0, 0.05) is 6.04 Å². The van der Waals surface area contributed by atoms with Crippen molar-refractivity contribution >= 4 is 15.7 Å². The number of fused-ring (bicyclic) bond motifs is 1. The zero-order valence-electron chi connectivity index (χ0n) is 11.3. The summed E-state index contributed by atoms with van der Waals surface area (Å²) in [5.74, 6) is -2.15. The molecule has 0 unspecified atom stereocenters. The van der Waals surface area contributed by atoms with E-state index in [0.29, 0.717) is 12.1 Å². The molecule has 1 heterocycles. The lowest BCUT2D eigenvalue weighted by atomic mass is 10.1. The summed E-state index contributed by atoms with van der Waals surface area (Å²) in [5, 5.41) is 0. The molecule has 2 aromatic carbocycles. The molecule has 0 saturated heterocycles. The highest BCUT2D eigenvalue weighted by atomic mass is 32.2. The van der Waals surface area contributed by atoms with Crippen molar-refractivity contribution in [3.8, 4) is 0 Å². The second-order valence-electron chi connectivity index (χ2n) is 5.03. The van der Waals surface area contributed by atoms with Crippen molar-refractivity contribution in [2.24, 2.45) is 0 Å². The molecular formula is C15H13F2NO2S.